The van der Waals surface area contributed by atoms with Crippen LogP contribution in [0, 0.1) is 11.7 Å². The van der Waals surface area contributed by atoms with E-state index in [0.717, 1.165) is 51.4 Å². The Kier molecular flexibility index (Phi) is 5.73. The van der Waals surface area contributed by atoms with Crippen molar-refractivity contribution in [3.05, 3.63) is 42.2 Å². The molecule has 31 heavy (non-hydrogen) atoms. The number of hydrogen-bond acceptors (Lipinski definition) is 6. The molecular formula is C22H30FN7O. The number of carbonyl (C=O) groups excluding carboxylic acids is 1. The monoisotopic (exact) mass is 427 g/mol. The van der Waals surface area contributed by atoms with Gasteiger partial charge in [-0.05, 0) is 63.7 Å². The van der Waals surface area contributed by atoms with E-state index in [0.29, 0.717) is 17.6 Å². The Morgan fingerprint density at radius 1 is 1.16 bits per heavy atom. The van der Waals surface area contributed by atoms with Gasteiger partial charge in [0.1, 0.15) is 11.9 Å². The van der Waals surface area contributed by atoms with Crippen LogP contribution in [-0.4, -0.2) is 57.8 Å². The Bertz CT molecular complexity index is 926. The third-order valence-electron chi connectivity index (χ3n) is 7.16. The Labute approximate surface area is 181 Å². The molecule has 0 radical (unpaired) electrons. The molecule has 5 rings (SSSR count). The van der Waals surface area contributed by atoms with Crippen LogP contribution in [0.2, 0.25) is 0 Å². The number of hydrogen-bond donors (Lipinski definition) is 3. The fourth-order valence-corrected chi connectivity index (χ4v) is 5.34. The molecule has 1 saturated carbocycles. The fraction of sp³-hybridized carbons (Fsp3) is 0.591. The summed E-state index contributed by atoms with van der Waals surface area (Å²) < 4.78 is 15.6. The van der Waals surface area contributed by atoms with Gasteiger partial charge in [0.15, 0.2) is 0 Å². The molecule has 3 aliphatic rings. The molecular weight excluding hydrogens is 397 g/mol. The summed E-state index contributed by atoms with van der Waals surface area (Å²) >= 11 is 0. The molecule has 9 heteroatoms. The minimum absolute atomic E-state index is 0.157. The molecule has 2 saturated heterocycles. The fourth-order valence-electron chi connectivity index (χ4n) is 5.34. The van der Waals surface area contributed by atoms with Gasteiger partial charge in [0.2, 0.25) is 5.91 Å². The summed E-state index contributed by atoms with van der Waals surface area (Å²) in [7, 11) is 2.17. The smallest absolute Gasteiger partial charge is 0.243 e. The number of anilines is 1. The van der Waals surface area contributed by atoms with Gasteiger partial charge in [-0.2, -0.15) is 5.10 Å². The summed E-state index contributed by atoms with van der Waals surface area (Å²) in [4.78, 5) is 19.0. The molecule has 2 aromatic heterocycles. The molecule has 1 amide bonds. The second-order valence-corrected chi connectivity index (χ2v) is 9.22. The molecule has 3 N–H and O–H groups in total. The van der Waals surface area contributed by atoms with Crippen molar-refractivity contribution >= 4 is 11.6 Å². The van der Waals surface area contributed by atoms with Gasteiger partial charge < -0.3 is 10.2 Å². The van der Waals surface area contributed by atoms with Gasteiger partial charge in [0, 0.05) is 24.2 Å². The van der Waals surface area contributed by atoms with Crippen molar-refractivity contribution in [1.29, 1.82) is 0 Å². The third kappa shape index (κ3) is 4.35. The number of amides is 1. The van der Waals surface area contributed by atoms with Crippen LogP contribution < -0.4 is 16.2 Å². The zero-order valence-electron chi connectivity index (χ0n) is 17.8. The topological polar surface area (TPSA) is 87.1 Å². The Hall–Kier alpha value is -2.36. The van der Waals surface area contributed by atoms with Crippen LogP contribution in [0.1, 0.15) is 49.6 Å². The number of fused-ring (bicyclic) bond motifs is 1. The predicted molar refractivity (Wildman–Crippen MR) is 115 cm³/mol. The number of nitrogens with one attached hydrogen (secondary N) is 3. The van der Waals surface area contributed by atoms with Gasteiger partial charge in [-0.25, -0.2) is 9.82 Å². The summed E-state index contributed by atoms with van der Waals surface area (Å²) in [5, 5.41) is 7.49. The average Bonchev–Trinajstić information content (AvgIpc) is 3.41. The SMILES string of the molecule is CN1CCC(n2cc(C3CCC4NNC(C(=O)Nc5cncc(F)c5)C4C3)cn2)CC1. The van der Waals surface area contributed by atoms with E-state index in [2.05, 4.69) is 49.1 Å². The standard InChI is InChI=1S/C22H30FN7O/c1-29-6-4-18(5-7-29)30-13-15(10-25-30)14-2-3-20-19(8-14)21(28-27-20)22(31)26-17-9-16(23)11-24-12-17/h9-14,18-21,27-28H,2-8H2,1H3,(H,26,31). The van der Waals surface area contributed by atoms with Gasteiger partial charge in [0.05, 0.1) is 30.3 Å². The highest BCUT2D eigenvalue weighted by Crippen LogP contribution is 2.40. The lowest BCUT2D eigenvalue weighted by Gasteiger charge is -2.32. The quantitative estimate of drug-likeness (QED) is 0.692. The van der Waals surface area contributed by atoms with Gasteiger partial charge in [-0.1, -0.05) is 0 Å². The maximum atomic E-state index is 13.4. The van der Waals surface area contributed by atoms with Crippen LogP contribution >= 0.6 is 0 Å². The summed E-state index contributed by atoms with van der Waals surface area (Å²) in [6.07, 6.45) is 12.1. The van der Waals surface area contributed by atoms with Crippen molar-refractivity contribution in [2.75, 3.05) is 25.5 Å². The lowest BCUT2D eigenvalue weighted by Crippen LogP contribution is -2.42. The Morgan fingerprint density at radius 3 is 2.81 bits per heavy atom. The molecule has 4 heterocycles. The molecule has 1 aliphatic carbocycles. The van der Waals surface area contributed by atoms with Crippen LogP contribution in [0.3, 0.4) is 0 Å². The highest BCUT2D eigenvalue weighted by Gasteiger charge is 2.44. The number of carbonyl (C=O) groups is 1. The van der Waals surface area contributed by atoms with Crippen LogP contribution in [0.4, 0.5) is 10.1 Å². The van der Waals surface area contributed by atoms with Crippen molar-refractivity contribution in [3.8, 4) is 0 Å². The van der Waals surface area contributed by atoms with E-state index in [1.54, 1.807) is 0 Å². The normalized spacial score (nSPS) is 29.6. The van der Waals surface area contributed by atoms with Gasteiger partial charge in [-0.15, -0.1) is 0 Å². The van der Waals surface area contributed by atoms with E-state index in [4.69, 9.17) is 0 Å². The number of nitrogens with zero attached hydrogens (tertiary/aromatic N) is 4. The largest absolute Gasteiger partial charge is 0.323 e. The summed E-state index contributed by atoms with van der Waals surface area (Å²) in [6.45, 7) is 2.23. The molecule has 2 aromatic rings. The van der Waals surface area contributed by atoms with Crippen LogP contribution in [-0.2, 0) is 4.79 Å². The molecule has 2 aliphatic heterocycles. The highest BCUT2D eigenvalue weighted by molar-refractivity contribution is 5.95. The Balaban J connectivity index is 1.24. The first-order valence-corrected chi connectivity index (χ1v) is 11.2. The maximum Gasteiger partial charge on any atom is 0.243 e. The maximum absolute atomic E-state index is 13.4. The number of likely N-dealkylation sites (tertiary alicyclic amines) is 1. The van der Waals surface area contributed by atoms with Crippen molar-refractivity contribution in [2.24, 2.45) is 5.92 Å². The van der Waals surface area contributed by atoms with Crippen molar-refractivity contribution < 1.29 is 9.18 Å². The molecule has 3 fully saturated rings. The second-order valence-electron chi connectivity index (χ2n) is 9.22. The Morgan fingerprint density at radius 2 is 2.00 bits per heavy atom. The minimum Gasteiger partial charge on any atom is -0.323 e. The minimum atomic E-state index is -0.465. The number of piperidine rings is 1. The zero-order valence-corrected chi connectivity index (χ0v) is 17.8. The highest BCUT2D eigenvalue weighted by atomic mass is 19.1. The van der Waals surface area contributed by atoms with Gasteiger partial charge >= 0.3 is 0 Å². The molecule has 8 nitrogen and oxygen atoms in total. The van der Waals surface area contributed by atoms with Crippen LogP contribution in [0.25, 0.3) is 0 Å². The predicted octanol–water partition coefficient (Wildman–Crippen LogP) is 2.05. The number of aromatic nitrogens is 3. The lowest BCUT2D eigenvalue weighted by atomic mass is 9.74. The van der Waals surface area contributed by atoms with Crippen LogP contribution in [0.15, 0.2) is 30.9 Å². The first kappa shape index (κ1) is 20.5. The molecule has 0 aromatic carbocycles. The van der Waals surface area contributed by atoms with E-state index in [1.807, 2.05) is 6.20 Å². The number of hydrazine groups is 1. The van der Waals surface area contributed by atoms with Gasteiger partial charge in [0.25, 0.3) is 0 Å². The van der Waals surface area contributed by atoms with E-state index >= 15 is 0 Å². The molecule has 4 unspecified atom stereocenters. The van der Waals surface area contributed by atoms with Gasteiger partial charge in [-0.3, -0.25) is 19.9 Å². The van der Waals surface area contributed by atoms with E-state index in [1.165, 1.54) is 17.8 Å². The number of pyridine rings is 1. The second kappa shape index (κ2) is 8.64. The zero-order chi connectivity index (χ0) is 21.4. The van der Waals surface area contributed by atoms with Crippen molar-refractivity contribution in [3.63, 3.8) is 0 Å². The third-order valence-corrected chi connectivity index (χ3v) is 7.16. The summed E-state index contributed by atoms with van der Waals surface area (Å²) in [5.74, 6) is -0.0522. The van der Waals surface area contributed by atoms with Crippen molar-refractivity contribution in [1.82, 2.24) is 30.5 Å². The summed E-state index contributed by atoms with van der Waals surface area (Å²) in [5.41, 5.74) is 8.11. The number of halogens is 1. The van der Waals surface area contributed by atoms with Crippen molar-refractivity contribution in [2.45, 2.75) is 56.1 Å². The first-order chi connectivity index (χ1) is 15.1. The summed E-state index contributed by atoms with van der Waals surface area (Å²) in [6, 6.07) is 1.67. The molecule has 166 valence electrons. The average molecular weight is 428 g/mol. The van der Waals surface area contributed by atoms with E-state index in [-0.39, 0.29) is 23.9 Å². The van der Waals surface area contributed by atoms with E-state index in [9.17, 15) is 9.18 Å². The first-order valence-electron chi connectivity index (χ1n) is 11.2. The molecule has 0 spiro atoms. The number of rotatable bonds is 4. The molecule has 4 atom stereocenters. The van der Waals surface area contributed by atoms with E-state index < -0.39 is 5.82 Å². The lowest BCUT2D eigenvalue weighted by molar-refractivity contribution is -0.119. The van der Waals surface area contributed by atoms with Crippen LogP contribution in [0.5, 0.6) is 0 Å². The molecule has 0 bridgehead atoms.